The van der Waals surface area contributed by atoms with E-state index in [2.05, 4.69) is 5.10 Å². The molecule has 0 radical (unpaired) electrons. The van der Waals surface area contributed by atoms with Crippen LogP contribution in [-0.4, -0.2) is 35.9 Å². The van der Waals surface area contributed by atoms with Crippen molar-refractivity contribution in [1.82, 2.24) is 9.78 Å². The van der Waals surface area contributed by atoms with Gasteiger partial charge in [-0.25, -0.2) is 18.7 Å². The Labute approximate surface area is 243 Å². The van der Waals surface area contributed by atoms with Gasteiger partial charge in [0.25, 0.3) is 0 Å². The lowest BCUT2D eigenvalue weighted by atomic mass is 9.81. The lowest BCUT2D eigenvalue weighted by Crippen LogP contribution is -2.41. The van der Waals surface area contributed by atoms with Crippen molar-refractivity contribution in [3.8, 4) is 11.8 Å². The number of fused-ring (bicyclic) bond motifs is 1. The van der Waals surface area contributed by atoms with Crippen LogP contribution in [-0.2, 0) is 38.1 Å². The average molecular weight is 596 g/mol. The van der Waals surface area contributed by atoms with Crippen molar-refractivity contribution < 1.29 is 36.6 Å². The lowest BCUT2D eigenvalue weighted by molar-refractivity contribution is -0.142. The predicted octanol–water partition coefficient (Wildman–Crippen LogP) is 4.81. The zero-order valence-electron chi connectivity index (χ0n) is 23.0. The third-order valence-electron chi connectivity index (χ3n) is 7.47. The summed E-state index contributed by atoms with van der Waals surface area (Å²) in [6.45, 7) is 0. The largest absolute Gasteiger partial charge is 0.466 e. The Morgan fingerprint density at radius 2 is 1.70 bits per heavy atom. The first kappa shape index (κ1) is 29.4. The van der Waals surface area contributed by atoms with Gasteiger partial charge in [-0.3, -0.25) is 4.90 Å². The molecule has 0 saturated heterocycles. The van der Waals surface area contributed by atoms with Crippen molar-refractivity contribution in [2.45, 2.75) is 37.8 Å². The monoisotopic (exact) mass is 595 g/mol. The summed E-state index contributed by atoms with van der Waals surface area (Å²) in [5, 5.41) is 14.2. The van der Waals surface area contributed by atoms with E-state index in [4.69, 9.17) is 15.2 Å². The van der Waals surface area contributed by atoms with Gasteiger partial charge in [-0.15, -0.1) is 0 Å². The minimum Gasteiger partial charge on any atom is -0.466 e. The Hall–Kier alpha value is -5.12. The lowest BCUT2D eigenvalue weighted by Gasteiger charge is -2.36. The van der Waals surface area contributed by atoms with E-state index < -0.39 is 41.2 Å². The van der Waals surface area contributed by atoms with E-state index in [0.717, 1.165) is 35.9 Å². The molecule has 5 rings (SSSR count). The standard InChI is InChI=1S/C30H25F4N5O4/c1-42-28(40)24-23(16-8-4-3-5-9-16)19(15-35)27(36)38(25(24)29(41)43-2)22-14-17(31)12-13-21(22)39-20-11-7-6-10-18(20)26(37-39)30(32,33)34/h3-5,8-9,12-14,23H,6-7,10-11,36H2,1-2H3. The Morgan fingerprint density at radius 1 is 1.02 bits per heavy atom. The molecule has 222 valence electrons. The van der Waals surface area contributed by atoms with Crippen LogP contribution in [0, 0.1) is 17.1 Å². The molecule has 2 heterocycles. The molecule has 1 atom stereocenters. The highest BCUT2D eigenvalue weighted by molar-refractivity contribution is 6.06. The van der Waals surface area contributed by atoms with Crippen LogP contribution in [0.3, 0.4) is 0 Å². The van der Waals surface area contributed by atoms with Crippen LogP contribution in [0.1, 0.15) is 41.3 Å². The molecule has 3 aromatic rings. The van der Waals surface area contributed by atoms with Crippen molar-refractivity contribution in [2.75, 3.05) is 19.1 Å². The molecule has 43 heavy (non-hydrogen) atoms. The van der Waals surface area contributed by atoms with Gasteiger partial charge in [-0.1, -0.05) is 30.3 Å². The predicted molar refractivity (Wildman–Crippen MR) is 145 cm³/mol. The molecule has 1 aliphatic carbocycles. The molecule has 13 heteroatoms. The van der Waals surface area contributed by atoms with E-state index in [-0.39, 0.29) is 52.4 Å². The van der Waals surface area contributed by atoms with Gasteiger partial charge in [-0.2, -0.15) is 23.5 Å². The van der Waals surface area contributed by atoms with Crippen LogP contribution in [0.5, 0.6) is 0 Å². The Morgan fingerprint density at radius 3 is 2.33 bits per heavy atom. The third-order valence-corrected chi connectivity index (χ3v) is 7.47. The van der Waals surface area contributed by atoms with Gasteiger partial charge < -0.3 is 15.2 Å². The second kappa shape index (κ2) is 11.3. The minimum absolute atomic E-state index is 0.0250. The first-order valence-electron chi connectivity index (χ1n) is 13.2. The fraction of sp³-hybridized carbons (Fsp3) is 0.267. The SMILES string of the molecule is COC(=O)C1=C(C(=O)OC)N(c2cc(F)ccc2-n2nc(C(F)(F)F)c3c2CCCC3)C(N)=C(C#N)C1c1ccccc1. The second-order valence-electron chi connectivity index (χ2n) is 9.86. The second-order valence-corrected chi connectivity index (χ2v) is 9.86. The van der Waals surface area contributed by atoms with E-state index in [0.29, 0.717) is 18.4 Å². The number of anilines is 1. The maximum absolute atomic E-state index is 14.9. The highest BCUT2D eigenvalue weighted by Crippen LogP contribution is 2.45. The van der Waals surface area contributed by atoms with Gasteiger partial charge in [0.1, 0.15) is 17.3 Å². The minimum atomic E-state index is -4.76. The number of carbonyl (C=O) groups excluding carboxylic acids is 2. The van der Waals surface area contributed by atoms with Crippen molar-refractivity contribution in [1.29, 1.82) is 5.26 Å². The molecule has 2 N–H and O–H groups in total. The van der Waals surface area contributed by atoms with Crippen LogP contribution < -0.4 is 10.6 Å². The highest BCUT2D eigenvalue weighted by atomic mass is 19.4. The van der Waals surface area contributed by atoms with Crippen LogP contribution in [0.25, 0.3) is 5.69 Å². The molecule has 0 spiro atoms. The number of esters is 2. The highest BCUT2D eigenvalue weighted by Gasteiger charge is 2.45. The number of rotatable bonds is 5. The van der Waals surface area contributed by atoms with Crippen LogP contribution >= 0.6 is 0 Å². The molecule has 2 aromatic carbocycles. The molecule has 0 bridgehead atoms. The van der Waals surface area contributed by atoms with E-state index >= 15 is 0 Å². The topological polar surface area (TPSA) is 123 Å². The Balaban J connectivity index is 1.87. The van der Waals surface area contributed by atoms with E-state index in [9.17, 15) is 32.4 Å². The number of nitrogens with two attached hydrogens (primary N) is 1. The number of ether oxygens (including phenoxy) is 2. The number of allylic oxidation sites excluding steroid dienone is 1. The van der Waals surface area contributed by atoms with Gasteiger partial charge in [0.15, 0.2) is 5.69 Å². The summed E-state index contributed by atoms with van der Waals surface area (Å²) < 4.78 is 68.2. The summed E-state index contributed by atoms with van der Waals surface area (Å²) in [6, 6.07) is 13.4. The number of methoxy groups -OCH3 is 2. The summed E-state index contributed by atoms with van der Waals surface area (Å²) in [6.07, 6.45) is -3.24. The van der Waals surface area contributed by atoms with Gasteiger partial charge >= 0.3 is 18.1 Å². The van der Waals surface area contributed by atoms with Gasteiger partial charge in [0, 0.05) is 17.3 Å². The number of aromatic nitrogens is 2. The van der Waals surface area contributed by atoms with Gasteiger partial charge in [0.2, 0.25) is 0 Å². The molecule has 0 fully saturated rings. The number of carbonyl (C=O) groups is 2. The number of hydrogen-bond donors (Lipinski definition) is 1. The van der Waals surface area contributed by atoms with Crippen molar-refractivity contribution in [3.05, 3.63) is 99.5 Å². The Kier molecular flexibility index (Phi) is 7.71. The fourth-order valence-electron chi connectivity index (χ4n) is 5.64. The van der Waals surface area contributed by atoms with E-state index in [1.165, 1.54) is 6.07 Å². The van der Waals surface area contributed by atoms with Crippen LogP contribution in [0.2, 0.25) is 0 Å². The zero-order chi connectivity index (χ0) is 31.1. The number of benzene rings is 2. The summed E-state index contributed by atoms with van der Waals surface area (Å²) in [5.41, 5.74) is 4.85. The van der Waals surface area contributed by atoms with Gasteiger partial charge in [-0.05, 0) is 43.4 Å². The van der Waals surface area contributed by atoms with E-state index in [1.54, 1.807) is 30.3 Å². The van der Waals surface area contributed by atoms with Crippen molar-refractivity contribution >= 4 is 17.6 Å². The maximum atomic E-state index is 14.9. The first-order valence-corrected chi connectivity index (χ1v) is 13.2. The summed E-state index contributed by atoms with van der Waals surface area (Å²) in [4.78, 5) is 27.7. The zero-order valence-corrected chi connectivity index (χ0v) is 23.0. The molecule has 1 aromatic heterocycles. The third kappa shape index (κ3) is 4.98. The van der Waals surface area contributed by atoms with Crippen molar-refractivity contribution in [2.24, 2.45) is 5.73 Å². The molecule has 1 aliphatic heterocycles. The number of halogens is 4. The Bertz CT molecular complexity index is 1720. The molecule has 9 nitrogen and oxygen atoms in total. The number of hydrogen-bond acceptors (Lipinski definition) is 8. The molecule has 1 unspecified atom stereocenters. The molecular formula is C30H25F4N5O4. The summed E-state index contributed by atoms with van der Waals surface area (Å²) in [5.74, 6) is -4.48. The van der Waals surface area contributed by atoms with Crippen LogP contribution in [0.15, 0.2) is 71.2 Å². The van der Waals surface area contributed by atoms with E-state index in [1.807, 2.05) is 6.07 Å². The van der Waals surface area contributed by atoms with Gasteiger partial charge in [0.05, 0.1) is 48.7 Å². The summed E-state index contributed by atoms with van der Waals surface area (Å²) >= 11 is 0. The van der Waals surface area contributed by atoms with Crippen LogP contribution in [0.4, 0.5) is 23.2 Å². The number of nitrogens with zero attached hydrogens (tertiary/aromatic N) is 4. The summed E-state index contributed by atoms with van der Waals surface area (Å²) in [7, 11) is 2.12. The maximum Gasteiger partial charge on any atom is 0.435 e. The number of alkyl halides is 3. The number of nitriles is 1. The smallest absolute Gasteiger partial charge is 0.435 e. The van der Waals surface area contributed by atoms with Crippen molar-refractivity contribution in [3.63, 3.8) is 0 Å². The molecule has 0 amide bonds. The molecule has 0 saturated carbocycles. The first-order chi connectivity index (χ1) is 20.5. The molecule has 2 aliphatic rings. The molecular weight excluding hydrogens is 570 g/mol. The average Bonchev–Trinajstić information content (AvgIpc) is 3.40. The quantitative estimate of drug-likeness (QED) is 0.330. The normalized spacial score (nSPS) is 17.0. The fourth-order valence-corrected chi connectivity index (χ4v) is 5.64.